The van der Waals surface area contributed by atoms with Crippen LogP contribution in [0.15, 0.2) is 0 Å². The first-order valence-corrected chi connectivity index (χ1v) is 7.05. The third-order valence-electron chi connectivity index (χ3n) is 2.67. The maximum absolute atomic E-state index is 12.3. The topological polar surface area (TPSA) is 62.5 Å². The first kappa shape index (κ1) is 14.8. The quantitative estimate of drug-likeness (QED) is 0.859. The van der Waals surface area contributed by atoms with Gasteiger partial charge in [0.2, 0.25) is 0 Å². The maximum atomic E-state index is 12.3. The second-order valence-corrected chi connectivity index (χ2v) is 5.32. The fraction of sp³-hybridized carbons (Fsp3) is 0.667. The van der Waals surface area contributed by atoms with Crippen LogP contribution in [0.4, 0.5) is 10.9 Å². The zero-order valence-electron chi connectivity index (χ0n) is 11.6. The number of rotatable bonds is 6. The number of nitrogens with zero attached hydrogens (tertiary/aromatic N) is 3. The molecule has 1 amide bonds. The van der Waals surface area contributed by atoms with Crippen molar-refractivity contribution in [1.29, 1.82) is 0 Å². The van der Waals surface area contributed by atoms with Crippen LogP contribution in [-0.2, 0) is 0 Å². The minimum Gasteiger partial charge on any atom is -0.382 e. The van der Waals surface area contributed by atoms with Gasteiger partial charge in [0.25, 0.3) is 5.91 Å². The Morgan fingerprint density at radius 3 is 2.50 bits per heavy atom. The monoisotopic (exact) mass is 270 g/mol. The van der Waals surface area contributed by atoms with E-state index in [1.807, 2.05) is 30.8 Å². The van der Waals surface area contributed by atoms with E-state index in [0.29, 0.717) is 17.2 Å². The van der Waals surface area contributed by atoms with Crippen LogP contribution in [0.1, 0.15) is 36.4 Å². The highest BCUT2D eigenvalue weighted by atomic mass is 32.1. The zero-order chi connectivity index (χ0) is 13.7. The Labute approximate surface area is 113 Å². The minimum atomic E-state index is -0.00551. The molecule has 0 atom stereocenters. The van der Waals surface area contributed by atoms with Crippen LogP contribution in [0.5, 0.6) is 0 Å². The van der Waals surface area contributed by atoms with Gasteiger partial charge >= 0.3 is 0 Å². The number of unbranched alkanes of at least 4 members (excludes halogenated alkanes) is 1. The predicted molar refractivity (Wildman–Crippen MR) is 77.3 cm³/mol. The molecule has 102 valence electrons. The third-order valence-corrected chi connectivity index (χ3v) is 3.90. The molecule has 6 heteroatoms. The molecule has 0 aromatic carbocycles. The molecule has 1 aromatic rings. The van der Waals surface area contributed by atoms with Gasteiger partial charge in [-0.2, -0.15) is 0 Å². The van der Waals surface area contributed by atoms with Crippen molar-refractivity contribution in [3.63, 3.8) is 0 Å². The highest BCUT2D eigenvalue weighted by Gasteiger charge is 2.21. The first-order chi connectivity index (χ1) is 8.51. The van der Waals surface area contributed by atoms with E-state index in [4.69, 9.17) is 5.73 Å². The fourth-order valence-corrected chi connectivity index (χ4v) is 2.44. The van der Waals surface area contributed by atoms with Gasteiger partial charge in [0, 0.05) is 27.2 Å². The number of nitrogen functional groups attached to an aromatic ring is 1. The zero-order valence-corrected chi connectivity index (χ0v) is 12.4. The number of thiazole rings is 1. The summed E-state index contributed by atoms with van der Waals surface area (Å²) in [5, 5.41) is 0.766. The van der Waals surface area contributed by atoms with Crippen LogP contribution >= 0.6 is 11.3 Å². The van der Waals surface area contributed by atoms with E-state index in [-0.39, 0.29) is 5.91 Å². The molecule has 5 nitrogen and oxygen atoms in total. The molecule has 0 aliphatic heterocycles. The summed E-state index contributed by atoms with van der Waals surface area (Å²) in [7, 11) is 3.78. The van der Waals surface area contributed by atoms with Crippen molar-refractivity contribution in [2.75, 3.05) is 37.8 Å². The normalized spacial score (nSPS) is 10.4. The highest BCUT2D eigenvalue weighted by molar-refractivity contribution is 7.18. The van der Waals surface area contributed by atoms with Gasteiger partial charge in [-0.25, -0.2) is 4.98 Å². The number of carbonyl (C=O) groups is 1. The van der Waals surface area contributed by atoms with Crippen molar-refractivity contribution in [2.24, 2.45) is 0 Å². The maximum Gasteiger partial charge on any atom is 0.267 e. The van der Waals surface area contributed by atoms with Gasteiger partial charge in [0.1, 0.15) is 10.7 Å². The molecule has 0 aliphatic rings. The van der Waals surface area contributed by atoms with Crippen molar-refractivity contribution >= 4 is 28.2 Å². The van der Waals surface area contributed by atoms with Gasteiger partial charge < -0.3 is 15.5 Å². The number of hydrogen-bond donors (Lipinski definition) is 1. The minimum absolute atomic E-state index is 0.00551. The molecule has 18 heavy (non-hydrogen) atoms. The average Bonchev–Trinajstić information content (AvgIpc) is 2.72. The molecule has 1 heterocycles. The van der Waals surface area contributed by atoms with Crippen LogP contribution in [-0.4, -0.2) is 43.0 Å². The lowest BCUT2D eigenvalue weighted by Gasteiger charge is -2.19. The molecule has 0 bridgehead atoms. The Morgan fingerprint density at radius 2 is 2.06 bits per heavy atom. The second-order valence-electron chi connectivity index (χ2n) is 4.34. The molecule has 0 spiro atoms. The smallest absolute Gasteiger partial charge is 0.267 e. The number of nitrogens with two attached hydrogens (primary N) is 1. The lowest BCUT2D eigenvalue weighted by atomic mass is 10.3. The number of aromatic nitrogens is 1. The summed E-state index contributed by atoms with van der Waals surface area (Å²) in [6, 6.07) is 0. The first-order valence-electron chi connectivity index (χ1n) is 6.24. The van der Waals surface area contributed by atoms with E-state index in [9.17, 15) is 4.79 Å². The Kier molecular flexibility index (Phi) is 5.40. The van der Waals surface area contributed by atoms with Gasteiger partial charge in [-0.05, 0) is 13.3 Å². The average molecular weight is 270 g/mol. The Morgan fingerprint density at radius 1 is 1.39 bits per heavy atom. The van der Waals surface area contributed by atoms with Crippen LogP contribution in [0.3, 0.4) is 0 Å². The summed E-state index contributed by atoms with van der Waals surface area (Å²) in [5.74, 6) is 0.331. The van der Waals surface area contributed by atoms with Crippen molar-refractivity contribution in [3.05, 3.63) is 4.88 Å². The SMILES string of the molecule is CCCCN(CC)C(=O)c1sc(N(C)C)nc1N. The third kappa shape index (κ3) is 3.35. The largest absolute Gasteiger partial charge is 0.382 e. The standard InChI is InChI=1S/C12H22N4OS/c1-5-7-8-16(6-2)11(17)9-10(13)14-12(18-9)15(3)4/h5-8,13H2,1-4H3. The fourth-order valence-electron chi connectivity index (χ4n) is 1.56. The molecule has 2 N–H and O–H groups in total. The highest BCUT2D eigenvalue weighted by Crippen LogP contribution is 2.27. The van der Waals surface area contributed by atoms with E-state index in [0.717, 1.165) is 24.5 Å². The Balaban J connectivity index is 2.87. The summed E-state index contributed by atoms with van der Waals surface area (Å²) in [6.07, 6.45) is 2.09. The molecule has 0 fully saturated rings. The van der Waals surface area contributed by atoms with Gasteiger partial charge in [-0.3, -0.25) is 4.79 Å². The number of anilines is 2. The molecule has 0 aliphatic carbocycles. The Bertz CT molecular complexity index is 403. The molecular weight excluding hydrogens is 248 g/mol. The van der Waals surface area contributed by atoms with E-state index in [1.54, 1.807) is 0 Å². The molecule has 0 unspecified atom stereocenters. The van der Waals surface area contributed by atoms with E-state index in [1.165, 1.54) is 11.3 Å². The number of carbonyl (C=O) groups excluding carboxylic acids is 1. The van der Waals surface area contributed by atoms with Crippen molar-refractivity contribution in [1.82, 2.24) is 9.88 Å². The summed E-state index contributed by atoms with van der Waals surface area (Å²) >= 11 is 1.35. The van der Waals surface area contributed by atoms with Crippen LogP contribution in [0.25, 0.3) is 0 Å². The molecule has 1 aromatic heterocycles. The number of hydrogen-bond acceptors (Lipinski definition) is 5. The van der Waals surface area contributed by atoms with Gasteiger partial charge in [0.15, 0.2) is 5.13 Å². The predicted octanol–water partition coefficient (Wildman–Crippen LogP) is 2.05. The van der Waals surface area contributed by atoms with Gasteiger partial charge in [-0.15, -0.1) is 0 Å². The Hall–Kier alpha value is -1.30. The van der Waals surface area contributed by atoms with E-state index < -0.39 is 0 Å². The van der Waals surface area contributed by atoms with Crippen LogP contribution in [0.2, 0.25) is 0 Å². The van der Waals surface area contributed by atoms with Crippen molar-refractivity contribution < 1.29 is 4.79 Å². The molecule has 1 rings (SSSR count). The summed E-state index contributed by atoms with van der Waals surface area (Å²) in [4.78, 5) is 20.8. The van der Waals surface area contributed by atoms with Crippen LogP contribution < -0.4 is 10.6 Å². The lowest BCUT2D eigenvalue weighted by molar-refractivity contribution is 0.0768. The van der Waals surface area contributed by atoms with E-state index in [2.05, 4.69) is 11.9 Å². The molecular formula is C12H22N4OS. The molecule has 0 saturated heterocycles. The second kappa shape index (κ2) is 6.58. The number of amides is 1. The molecule has 0 saturated carbocycles. The van der Waals surface area contributed by atoms with E-state index >= 15 is 0 Å². The summed E-state index contributed by atoms with van der Waals surface area (Å²) in [5.41, 5.74) is 5.83. The van der Waals surface area contributed by atoms with Crippen molar-refractivity contribution in [3.8, 4) is 0 Å². The van der Waals surface area contributed by atoms with Crippen LogP contribution in [0, 0.1) is 0 Å². The lowest BCUT2D eigenvalue weighted by Crippen LogP contribution is -2.31. The molecule has 0 radical (unpaired) electrons. The van der Waals surface area contributed by atoms with Gasteiger partial charge in [-0.1, -0.05) is 24.7 Å². The summed E-state index contributed by atoms with van der Waals surface area (Å²) in [6.45, 7) is 5.58. The van der Waals surface area contributed by atoms with Gasteiger partial charge in [0.05, 0.1) is 0 Å². The van der Waals surface area contributed by atoms with Crippen molar-refractivity contribution in [2.45, 2.75) is 26.7 Å². The summed E-state index contributed by atoms with van der Waals surface area (Å²) < 4.78 is 0.